The number of nitrogens with zero attached hydrogens (tertiary/aromatic N) is 3. The molecule has 1 aliphatic heterocycles. The van der Waals surface area contributed by atoms with Crippen LogP contribution in [0.25, 0.3) is 0 Å². The summed E-state index contributed by atoms with van der Waals surface area (Å²) in [4.78, 5) is 30.7. The molecule has 0 bridgehead atoms. The predicted molar refractivity (Wildman–Crippen MR) is 118 cm³/mol. The molecule has 0 unspecified atom stereocenters. The Morgan fingerprint density at radius 1 is 1.10 bits per heavy atom. The Balaban J connectivity index is 1.52. The van der Waals surface area contributed by atoms with E-state index >= 15 is 0 Å². The third-order valence-corrected chi connectivity index (χ3v) is 7.37. The number of benzene rings is 1. The molecule has 1 aromatic carbocycles. The molecule has 3 rings (SSSR count). The maximum atomic E-state index is 12.6. The first kappa shape index (κ1) is 23.5. The lowest BCUT2D eigenvalue weighted by Gasteiger charge is -2.32. The second-order valence-corrected chi connectivity index (χ2v) is 10.1. The van der Waals surface area contributed by atoms with E-state index < -0.39 is 10.0 Å². The van der Waals surface area contributed by atoms with E-state index in [0.29, 0.717) is 41.8 Å². The Morgan fingerprint density at radius 2 is 1.71 bits per heavy atom. The number of hydrogen-bond donors (Lipinski definition) is 1. The van der Waals surface area contributed by atoms with Gasteiger partial charge in [0.15, 0.2) is 0 Å². The molecule has 1 fully saturated rings. The van der Waals surface area contributed by atoms with Gasteiger partial charge in [0.2, 0.25) is 21.8 Å². The van der Waals surface area contributed by atoms with Crippen LogP contribution < -0.4 is 5.32 Å². The molecule has 31 heavy (non-hydrogen) atoms. The number of hydrogen-bond acceptors (Lipinski definition) is 5. The Hall–Kier alpha value is -2.20. The average molecular weight is 485 g/mol. The molecule has 2 aromatic rings. The quantitative estimate of drug-likeness (QED) is 0.679. The van der Waals surface area contributed by atoms with Crippen molar-refractivity contribution < 1.29 is 18.0 Å². The zero-order valence-corrected chi connectivity index (χ0v) is 19.1. The van der Waals surface area contributed by atoms with Crippen molar-refractivity contribution >= 4 is 50.9 Å². The fourth-order valence-corrected chi connectivity index (χ4v) is 4.59. The lowest BCUT2D eigenvalue weighted by Crippen LogP contribution is -2.46. The van der Waals surface area contributed by atoms with Crippen LogP contribution in [-0.2, 0) is 19.6 Å². The number of piperidine rings is 1. The van der Waals surface area contributed by atoms with Gasteiger partial charge in [-0.3, -0.25) is 9.59 Å². The first-order valence-electron chi connectivity index (χ1n) is 9.59. The van der Waals surface area contributed by atoms with Crippen LogP contribution in [0.15, 0.2) is 47.5 Å². The monoisotopic (exact) mass is 484 g/mol. The molecule has 8 nitrogen and oxygen atoms in total. The van der Waals surface area contributed by atoms with E-state index in [0.717, 1.165) is 4.31 Å². The van der Waals surface area contributed by atoms with E-state index in [-0.39, 0.29) is 29.2 Å². The van der Waals surface area contributed by atoms with Gasteiger partial charge in [-0.1, -0.05) is 23.2 Å². The highest BCUT2D eigenvalue weighted by Crippen LogP contribution is 2.21. The number of likely N-dealkylation sites (tertiary alicyclic amines) is 1. The Morgan fingerprint density at radius 3 is 2.29 bits per heavy atom. The first-order valence-corrected chi connectivity index (χ1v) is 11.8. The number of carbonyl (C=O) groups is 2. The number of carbonyl (C=O) groups excluding carboxylic acids is 2. The summed E-state index contributed by atoms with van der Waals surface area (Å²) in [7, 11) is -2.44. The maximum absolute atomic E-state index is 12.6. The van der Waals surface area contributed by atoms with Gasteiger partial charge in [0.25, 0.3) is 0 Å². The molecule has 0 spiro atoms. The zero-order valence-electron chi connectivity index (χ0n) is 16.8. The molecule has 0 saturated carbocycles. The standard InChI is InChI=1S/C20H22Cl2N4O4S/c1-25(31(29,30)17-5-2-15(21)3-6-17)13-19(27)26-10-8-14(9-11-26)20(28)24-18-7-4-16(22)12-23-18/h2-7,12,14H,8-11,13H2,1H3,(H,23,24,28). The van der Waals surface area contributed by atoms with Crippen molar-refractivity contribution in [3.63, 3.8) is 0 Å². The van der Waals surface area contributed by atoms with Crippen molar-refractivity contribution in [3.05, 3.63) is 52.6 Å². The van der Waals surface area contributed by atoms with Crippen LogP contribution in [0.3, 0.4) is 0 Å². The molecule has 166 valence electrons. The second-order valence-electron chi connectivity index (χ2n) is 7.22. The van der Waals surface area contributed by atoms with E-state index in [1.165, 1.54) is 37.5 Å². The fraction of sp³-hybridized carbons (Fsp3) is 0.350. The molecule has 0 radical (unpaired) electrons. The molecule has 1 N–H and O–H groups in total. The molecule has 0 aliphatic carbocycles. The summed E-state index contributed by atoms with van der Waals surface area (Å²) in [5, 5.41) is 3.65. The maximum Gasteiger partial charge on any atom is 0.243 e. The molecule has 1 saturated heterocycles. The molecule has 0 atom stereocenters. The van der Waals surface area contributed by atoms with E-state index in [9.17, 15) is 18.0 Å². The number of sulfonamides is 1. The van der Waals surface area contributed by atoms with Crippen LogP contribution in [0.5, 0.6) is 0 Å². The highest BCUT2D eigenvalue weighted by atomic mass is 35.5. The summed E-state index contributed by atoms with van der Waals surface area (Å²) >= 11 is 11.6. The van der Waals surface area contributed by atoms with Gasteiger partial charge in [0.1, 0.15) is 5.82 Å². The van der Waals surface area contributed by atoms with E-state index in [2.05, 4.69) is 10.3 Å². The van der Waals surface area contributed by atoms with E-state index in [1.807, 2.05) is 0 Å². The third kappa shape index (κ3) is 5.94. The predicted octanol–water partition coefficient (Wildman–Crippen LogP) is 2.89. The smallest absolute Gasteiger partial charge is 0.243 e. The summed E-state index contributed by atoms with van der Waals surface area (Å²) in [5.41, 5.74) is 0. The summed E-state index contributed by atoms with van der Waals surface area (Å²) in [6.45, 7) is 0.468. The average Bonchev–Trinajstić information content (AvgIpc) is 2.75. The van der Waals surface area contributed by atoms with Crippen LogP contribution in [0.1, 0.15) is 12.8 Å². The molecular weight excluding hydrogens is 463 g/mol. The molecule has 2 amide bonds. The van der Waals surface area contributed by atoms with Crippen LogP contribution in [0, 0.1) is 5.92 Å². The highest BCUT2D eigenvalue weighted by molar-refractivity contribution is 7.89. The number of halogens is 2. The van der Waals surface area contributed by atoms with Crippen molar-refractivity contribution in [1.82, 2.24) is 14.2 Å². The van der Waals surface area contributed by atoms with Crippen LogP contribution in [0.2, 0.25) is 10.0 Å². The topological polar surface area (TPSA) is 99.7 Å². The van der Waals surface area contributed by atoms with E-state index in [1.54, 1.807) is 17.0 Å². The van der Waals surface area contributed by atoms with Crippen molar-refractivity contribution in [1.29, 1.82) is 0 Å². The number of pyridine rings is 1. The highest BCUT2D eigenvalue weighted by Gasteiger charge is 2.30. The zero-order chi connectivity index (χ0) is 22.6. The largest absolute Gasteiger partial charge is 0.342 e. The van der Waals surface area contributed by atoms with Crippen LogP contribution >= 0.6 is 23.2 Å². The molecule has 11 heteroatoms. The number of amides is 2. The molecular formula is C20H22Cl2N4O4S. The van der Waals surface area contributed by atoms with E-state index in [4.69, 9.17) is 23.2 Å². The van der Waals surface area contributed by atoms with Gasteiger partial charge >= 0.3 is 0 Å². The van der Waals surface area contributed by atoms with Gasteiger partial charge in [-0.15, -0.1) is 0 Å². The fourth-order valence-electron chi connectivity index (χ4n) is 3.23. The van der Waals surface area contributed by atoms with Gasteiger partial charge in [-0.05, 0) is 49.2 Å². The number of likely N-dealkylation sites (N-methyl/N-ethyl adjacent to an activating group) is 1. The normalized spacial score (nSPS) is 15.2. The Labute approximate surface area is 191 Å². The molecule has 1 aliphatic rings. The Bertz CT molecular complexity index is 1040. The SMILES string of the molecule is CN(CC(=O)N1CCC(C(=O)Nc2ccc(Cl)cn2)CC1)S(=O)(=O)c1ccc(Cl)cc1. The number of rotatable bonds is 6. The van der Waals surface area contributed by atoms with Crippen LogP contribution in [-0.4, -0.2) is 61.1 Å². The van der Waals surface area contributed by atoms with Crippen LogP contribution in [0.4, 0.5) is 5.82 Å². The minimum atomic E-state index is -3.80. The number of anilines is 1. The Kier molecular flexibility index (Phi) is 7.53. The lowest BCUT2D eigenvalue weighted by atomic mass is 9.96. The van der Waals surface area contributed by atoms with Gasteiger partial charge in [0, 0.05) is 37.3 Å². The van der Waals surface area contributed by atoms with Crippen molar-refractivity contribution in [2.24, 2.45) is 5.92 Å². The summed E-state index contributed by atoms with van der Waals surface area (Å²) < 4.78 is 26.3. The van der Waals surface area contributed by atoms with Gasteiger partial charge in [0.05, 0.1) is 16.5 Å². The molecule has 1 aromatic heterocycles. The molecule has 2 heterocycles. The van der Waals surface area contributed by atoms with Crippen molar-refractivity contribution in [3.8, 4) is 0 Å². The number of nitrogens with one attached hydrogen (secondary N) is 1. The minimum absolute atomic E-state index is 0.0680. The summed E-state index contributed by atoms with van der Waals surface area (Å²) in [5.74, 6) is -0.304. The van der Waals surface area contributed by atoms with Gasteiger partial charge in [-0.25, -0.2) is 13.4 Å². The first-order chi connectivity index (χ1) is 14.7. The summed E-state index contributed by atoms with van der Waals surface area (Å²) in [6, 6.07) is 9.03. The van der Waals surface area contributed by atoms with Gasteiger partial charge in [-0.2, -0.15) is 4.31 Å². The number of aromatic nitrogens is 1. The minimum Gasteiger partial charge on any atom is -0.342 e. The summed E-state index contributed by atoms with van der Waals surface area (Å²) in [6.07, 6.45) is 2.42. The second kappa shape index (κ2) is 9.95. The van der Waals surface area contributed by atoms with Crippen molar-refractivity contribution in [2.45, 2.75) is 17.7 Å². The van der Waals surface area contributed by atoms with Gasteiger partial charge < -0.3 is 10.2 Å². The third-order valence-electron chi connectivity index (χ3n) is 5.08. The lowest BCUT2D eigenvalue weighted by molar-refractivity contribution is -0.134. The van der Waals surface area contributed by atoms with Crippen molar-refractivity contribution in [2.75, 3.05) is 32.0 Å².